The molecule has 0 bridgehead atoms. The average molecular weight is 385 g/mol. The first kappa shape index (κ1) is 19.4. The number of nitrogens with zero attached hydrogens (tertiary/aromatic N) is 2. The van der Waals surface area contributed by atoms with Gasteiger partial charge in [0.2, 0.25) is 11.1 Å². The van der Waals surface area contributed by atoms with Gasteiger partial charge in [0.05, 0.1) is 30.7 Å². The van der Waals surface area contributed by atoms with Crippen LogP contribution in [0, 0.1) is 0 Å². The Morgan fingerprint density at radius 2 is 1.96 bits per heavy atom. The highest BCUT2D eigenvalue weighted by atomic mass is 35.5. The molecule has 2 N–H and O–H groups in total. The average Bonchev–Trinajstić information content (AvgIpc) is 3.02. The highest BCUT2D eigenvalue weighted by Gasteiger charge is 2.19. The van der Waals surface area contributed by atoms with Crippen molar-refractivity contribution < 1.29 is 14.3 Å². The van der Waals surface area contributed by atoms with Gasteiger partial charge in [0.1, 0.15) is 17.3 Å². The molecular weight excluding hydrogens is 364 g/mol. The summed E-state index contributed by atoms with van der Waals surface area (Å²) >= 11 is 7.35. The fourth-order valence-corrected chi connectivity index (χ4v) is 2.76. The maximum absolute atomic E-state index is 12.2. The van der Waals surface area contributed by atoms with Gasteiger partial charge in [-0.25, -0.2) is 4.98 Å². The number of hydrogen-bond donors (Lipinski definition) is 2. The maximum Gasteiger partial charge on any atom is 0.234 e. The van der Waals surface area contributed by atoms with Crippen LogP contribution >= 0.6 is 23.4 Å². The number of anilines is 1. The Bertz CT molecular complexity index is 758. The number of aromatic amines is 1. The molecule has 0 aliphatic rings. The number of carbonyl (C=O) groups is 1. The van der Waals surface area contributed by atoms with Crippen molar-refractivity contribution in [2.45, 2.75) is 31.3 Å². The van der Waals surface area contributed by atoms with E-state index < -0.39 is 0 Å². The number of carbonyl (C=O) groups excluding carboxylic acids is 1. The number of H-pyrrole nitrogens is 1. The van der Waals surface area contributed by atoms with Crippen LogP contribution in [0.25, 0.3) is 0 Å². The lowest BCUT2D eigenvalue weighted by atomic mass is 9.96. The number of thioether (sulfide) groups is 1. The number of benzene rings is 1. The fraction of sp³-hybridized carbons (Fsp3) is 0.438. The second kappa shape index (κ2) is 7.97. The van der Waals surface area contributed by atoms with Gasteiger partial charge in [0.15, 0.2) is 0 Å². The number of nitrogens with one attached hydrogen (secondary N) is 2. The predicted molar refractivity (Wildman–Crippen MR) is 99.0 cm³/mol. The molecule has 136 valence electrons. The second-order valence-electron chi connectivity index (χ2n) is 6.24. The molecule has 1 aromatic carbocycles. The summed E-state index contributed by atoms with van der Waals surface area (Å²) in [6, 6.07) is 3.21. The van der Waals surface area contributed by atoms with Gasteiger partial charge in [-0.05, 0) is 6.07 Å². The van der Waals surface area contributed by atoms with Gasteiger partial charge >= 0.3 is 0 Å². The summed E-state index contributed by atoms with van der Waals surface area (Å²) in [6.07, 6.45) is 0. The minimum Gasteiger partial charge on any atom is -0.495 e. The van der Waals surface area contributed by atoms with Crippen LogP contribution in [0.1, 0.15) is 26.6 Å². The molecule has 2 rings (SSSR count). The topological polar surface area (TPSA) is 89.1 Å². The Labute approximate surface area is 155 Å². The minimum atomic E-state index is -0.216. The molecule has 0 atom stereocenters. The molecule has 0 aliphatic carbocycles. The Balaban J connectivity index is 2.01. The molecule has 0 saturated heterocycles. The molecule has 1 aromatic heterocycles. The van der Waals surface area contributed by atoms with Crippen LogP contribution in [0.2, 0.25) is 5.02 Å². The van der Waals surface area contributed by atoms with Crippen molar-refractivity contribution in [3.63, 3.8) is 0 Å². The molecule has 1 amide bonds. The molecule has 9 heteroatoms. The van der Waals surface area contributed by atoms with Gasteiger partial charge in [-0.2, -0.15) is 0 Å². The molecule has 0 radical (unpaired) electrons. The van der Waals surface area contributed by atoms with E-state index in [1.807, 2.05) is 20.8 Å². The van der Waals surface area contributed by atoms with Gasteiger partial charge in [-0.3, -0.25) is 9.89 Å². The van der Waals surface area contributed by atoms with E-state index >= 15 is 0 Å². The van der Waals surface area contributed by atoms with Crippen molar-refractivity contribution in [3.05, 3.63) is 23.0 Å². The number of halogens is 1. The highest BCUT2D eigenvalue weighted by Crippen LogP contribution is 2.36. The zero-order valence-electron chi connectivity index (χ0n) is 14.8. The molecule has 2 aromatic rings. The summed E-state index contributed by atoms with van der Waals surface area (Å²) in [5, 5.41) is 10.7. The van der Waals surface area contributed by atoms with Crippen LogP contribution in [0.5, 0.6) is 11.5 Å². The molecule has 0 aliphatic heterocycles. The lowest BCUT2D eigenvalue weighted by molar-refractivity contribution is -0.113. The van der Waals surface area contributed by atoms with Crippen molar-refractivity contribution in [1.82, 2.24) is 15.2 Å². The monoisotopic (exact) mass is 384 g/mol. The van der Waals surface area contributed by atoms with E-state index in [-0.39, 0.29) is 17.1 Å². The Kier molecular flexibility index (Phi) is 6.18. The van der Waals surface area contributed by atoms with Crippen molar-refractivity contribution >= 4 is 35.0 Å². The molecular formula is C16H21ClN4O3S. The van der Waals surface area contributed by atoms with E-state index in [1.54, 1.807) is 12.1 Å². The smallest absolute Gasteiger partial charge is 0.234 e. The summed E-state index contributed by atoms with van der Waals surface area (Å²) in [6.45, 7) is 6.11. The van der Waals surface area contributed by atoms with Crippen molar-refractivity contribution in [2.75, 3.05) is 25.3 Å². The predicted octanol–water partition coefficient (Wildman–Crippen LogP) is 3.50. The van der Waals surface area contributed by atoms with E-state index in [4.69, 9.17) is 21.1 Å². The van der Waals surface area contributed by atoms with Crippen LogP contribution in [-0.4, -0.2) is 41.1 Å². The van der Waals surface area contributed by atoms with E-state index in [1.165, 1.54) is 26.0 Å². The molecule has 7 nitrogen and oxygen atoms in total. The van der Waals surface area contributed by atoms with Gasteiger partial charge in [0.25, 0.3) is 0 Å². The quantitative estimate of drug-likeness (QED) is 0.741. The third-order valence-electron chi connectivity index (χ3n) is 3.26. The number of hydrogen-bond acceptors (Lipinski definition) is 6. The van der Waals surface area contributed by atoms with Crippen LogP contribution in [-0.2, 0) is 10.2 Å². The van der Waals surface area contributed by atoms with E-state index in [9.17, 15) is 4.79 Å². The zero-order valence-corrected chi connectivity index (χ0v) is 16.3. The molecule has 1 heterocycles. The molecule has 25 heavy (non-hydrogen) atoms. The lowest BCUT2D eigenvalue weighted by Gasteiger charge is -2.13. The highest BCUT2D eigenvalue weighted by molar-refractivity contribution is 7.99. The first-order valence-electron chi connectivity index (χ1n) is 7.51. The summed E-state index contributed by atoms with van der Waals surface area (Å²) in [5.74, 6) is 1.66. The van der Waals surface area contributed by atoms with Crippen LogP contribution in [0.4, 0.5) is 5.69 Å². The molecule has 0 saturated carbocycles. The third kappa shape index (κ3) is 5.02. The van der Waals surface area contributed by atoms with Crippen molar-refractivity contribution in [3.8, 4) is 11.5 Å². The van der Waals surface area contributed by atoms with Crippen LogP contribution < -0.4 is 14.8 Å². The van der Waals surface area contributed by atoms with Crippen LogP contribution in [0.3, 0.4) is 0 Å². The van der Waals surface area contributed by atoms with Crippen molar-refractivity contribution in [2.24, 2.45) is 0 Å². The Morgan fingerprint density at radius 3 is 2.52 bits per heavy atom. The fourth-order valence-electron chi connectivity index (χ4n) is 1.92. The van der Waals surface area contributed by atoms with E-state index in [0.717, 1.165) is 5.82 Å². The van der Waals surface area contributed by atoms with E-state index in [2.05, 4.69) is 20.5 Å². The summed E-state index contributed by atoms with van der Waals surface area (Å²) in [7, 11) is 3.02. The first-order chi connectivity index (χ1) is 11.7. The van der Waals surface area contributed by atoms with Crippen LogP contribution in [0.15, 0.2) is 17.3 Å². The minimum absolute atomic E-state index is 0.124. The van der Waals surface area contributed by atoms with Gasteiger partial charge in [0, 0.05) is 11.5 Å². The Morgan fingerprint density at radius 1 is 1.28 bits per heavy atom. The van der Waals surface area contributed by atoms with Crippen molar-refractivity contribution in [1.29, 1.82) is 0 Å². The van der Waals surface area contributed by atoms with Gasteiger partial charge < -0.3 is 14.8 Å². The lowest BCUT2D eigenvalue weighted by Crippen LogP contribution is -2.15. The number of rotatable bonds is 6. The largest absolute Gasteiger partial charge is 0.495 e. The molecule has 0 fully saturated rings. The van der Waals surface area contributed by atoms with Gasteiger partial charge in [-0.15, -0.1) is 5.10 Å². The standard InChI is InChI=1S/C16H21ClN4O3S/c1-16(2,3)14-19-15(21-20-14)25-8-13(22)18-10-6-9(17)11(23-4)7-12(10)24-5/h6-7H,8H2,1-5H3,(H,18,22)(H,19,20,21). The summed E-state index contributed by atoms with van der Waals surface area (Å²) < 4.78 is 10.4. The molecule has 0 unspecified atom stereocenters. The third-order valence-corrected chi connectivity index (χ3v) is 4.40. The first-order valence-corrected chi connectivity index (χ1v) is 8.88. The number of ether oxygens (including phenoxy) is 2. The normalized spacial score (nSPS) is 11.3. The Hall–Kier alpha value is -1.93. The maximum atomic E-state index is 12.2. The second-order valence-corrected chi connectivity index (χ2v) is 7.59. The SMILES string of the molecule is COc1cc(OC)c(NC(=O)CSc2n[nH]c(C(C)(C)C)n2)cc1Cl. The van der Waals surface area contributed by atoms with Gasteiger partial charge in [-0.1, -0.05) is 44.1 Å². The molecule has 0 spiro atoms. The summed E-state index contributed by atoms with van der Waals surface area (Å²) in [5.41, 5.74) is 0.352. The summed E-state index contributed by atoms with van der Waals surface area (Å²) in [4.78, 5) is 16.6. The number of methoxy groups -OCH3 is 2. The number of amides is 1. The number of aromatic nitrogens is 3. The zero-order chi connectivity index (χ0) is 18.6. The van der Waals surface area contributed by atoms with E-state index in [0.29, 0.717) is 27.4 Å².